The predicted octanol–water partition coefficient (Wildman–Crippen LogP) is 10.3. The van der Waals surface area contributed by atoms with Gasteiger partial charge in [-0.05, 0) is 81.7 Å². The average molecular weight is 671 g/mol. The van der Waals surface area contributed by atoms with E-state index in [0.717, 1.165) is 83.2 Å². The van der Waals surface area contributed by atoms with Crippen molar-refractivity contribution in [3.63, 3.8) is 0 Å². The minimum absolute atomic E-state index is 0.104. The molecule has 6 heteroatoms. The molecule has 0 saturated heterocycles. The van der Waals surface area contributed by atoms with Gasteiger partial charge in [0.15, 0.2) is 0 Å². The first-order valence-corrected chi connectivity index (χ1v) is 17.8. The molecule has 1 aliphatic rings. The molecule has 1 aliphatic heterocycles. The fourth-order valence-corrected chi connectivity index (χ4v) is 8.13. The molecule has 1 N–H and O–H groups in total. The van der Waals surface area contributed by atoms with Crippen LogP contribution in [-0.2, 0) is 5.41 Å². The van der Waals surface area contributed by atoms with Crippen molar-refractivity contribution in [1.29, 1.82) is 0 Å². The zero-order valence-electron chi connectivity index (χ0n) is 29.2. The number of benzene rings is 6. The van der Waals surface area contributed by atoms with E-state index >= 15 is 0 Å². The van der Waals surface area contributed by atoms with Crippen LogP contribution in [0, 0.1) is 0 Å². The molecule has 4 heterocycles. The number of aromatic nitrogens is 4. The number of aromatic hydroxyl groups is 1. The molecule has 3 aromatic heterocycles. The highest BCUT2D eigenvalue weighted by molar-refractivity contribution is 6.74. The highest BCUT2D eigenvalue weighted by atomic mass is 16.3. The van der Waals surface area contributed by atoms with Crippen LogP contribution < -0.4 is 5.46 Å². The summed E-state index contributed by atoms with van der Waals surface area (Å²) in [7, 11) is 0. The lowest BCUT2D eigenvalue weighted by Gasteiger charge is -2.27. The molecular weight excluding hydrogens is 635 g/mol. The Kier molecular flexibility index (Phi) is 6.62. The van der Waals surface area contributed by atoms with Crippen LogP contribution in [0.1, 0.15) is 26.3 Å². The van der Waals surface area contributed by atoms with Gasteiger partial charge in [-0.25, -0.2) is 4.98 Å². The van der Waals surface area contributed by atoms with Crippen molar-refractivity contribution < 1.29 is 5.11 Å². The number of phenols is 1. The van der Waals surface area contributed by atoms with Crippen LogP contribution in [0.3, 0.4) is 0 Å². The number of pyridine rings is 1. The molecule has 0 bridgehead atoms. The molecule has 0 amide bonds. The van der Waals surface area contributed by atoms with Gasteiger partial charge in [-0.15, -0.1) is 0 Å². The van der Waals surface area contributed by atoms with Gasteiger partial charge in [-0.1, -0.05) is 118 Å². The molecule has 52 heavy (non-hydrogen) atoms. The summed E-state index contributed by atoms with van der Waals surface area (Å²) in [6, 6.07) is 51.1. The molecule has 0 saturated carbocycles. The third-order valence-corrected chi connectivity index (χ3v) is 10.7. The standard InChI is InChI=1S/C46H35BN4O/c1-46(2,3)33-26-31(25-32(27-33)38-28-30(23-24-48-38)29-13-6-4-7-14-29)35-18-12-20-40-43(35)49-45-42-41(52)22-21-37-36-17-10-11-19-39(36)50(44(37)42)47(51(40)45)34-15-8-5-9-16-34/h4-28,52H,1-3H3. The monoisotopic (exact) mass is 670 g/mol. The van der Waals surface area contributed by atoms with Gasteiger partial charge < -0.3 is 14.1 Å². The van der Waals surface area contributed by atoms with Gasteiger partial charge in [-0.3, -0.25) is 4.98 Å². The Balaban J connectivity index is 1.24. The fourth-order valence-electron chi connectivity index (χ4n) is 8.13. The molecule has 10 rings (SSSR count). The van der Waals surface area contributed by atoms with Crippen LogP contribution in [0.2, 0.25) is 0 Å². The Labute approximate surface area is 302 Å². The second-order valence-corrected chi connectivity index (χ2v) is 14.9. The summed E-state index contributed by atoms with van der Waals surface area (Å²) < 4.78 is 4.71. The molecule has 0 spiro atoms. The van der Waals surface area contributed by atoms with Crippen molar-refractivity contribution in [2.45, 2.75) is 26.2 Å². The lowest BCUT2D eigenvalue weighted by molar-refractivity contribution is 0.477. The van der Waals surface area contributed by atoms with Crippen molar-refractivity contribution in [3.8, 4) is 50.6 Å². The minimum Gasteiger partial charge on any atom is -0.507 e. The Morgan fingerprint density at radius 1 is 0.596 bits per heavy atom. The van der Waals surface area contributed by atoms with Gasteiger partial charge in [0.25, 0.3) is 0 Å². The third kappa shape index (κ3) is 4.57. The maximum atomic E-state index is 11.6. The van der Waals surface area contributed by atoms with Gasteiger partial charge in [0.2, 0.25) is 0 Å². The average Bonchev–Trinajstić information content (AvgIpc) is 3.73. The number of para-hydroxylation sites is 2. The molecule has 0 radical (unpaired) electrons. The number of fused-ring (bicyclic) bond motifs is 7. The van der Waals surface area contributed by atoms with Crippen molar-refractivity contribution >= 4 is 45.3 Å². The van der Waals surface area contributed by atoms with Gasteiger partial charge in [0.05, 0.1) is 27.8 Å². The molecule has 0 fully saturated rings. The van der Waals surface area contributed by atoms with Crippen molar-refractivity contribution in [2.24, 2.45) is 0 Å². The second-order valence-electron chi connectivity index (χ2n) is 14.9. The van der Waals surface area contributed by atoms with E-state index < -0.39 is 0 Å². The summed E-state index contributed by atoms with van der Waals surface area (Å²) in [5.74, 6) is 0.988. The lowest BCUT2D eigenvalue weighted by atomic mass is 9.65. The maximum absolute atomic E-state index is 11.6. The zero-order valence-corrected chi connectivity index (χ0v) is 29.2. The number of imidazole rings is 1. The van der Waals surface area contributed by atoms with Crippen LogP contribution in [0.25, 0.3) is 77.7 Å². The number of hydrogen-bond donors (Lipinski definition) is 1. The van der Waals surface area contributed by atoms with Crippen LogP contribution in [0.5, 0.6) is 5.75 Å². The van der Waals surface area contributed by atoms with Crippen molar-refractivity contribution in [2.75, 3.05) is 0 Å². The molecule has 0 unspecified atom stereocenters. The van der Waals surface area contributed by atoms with Crippen LogP contribution >= 0.6 is 0 Å². The van der Waals surface area contributed by atoms with E-state index in [1.807, 2.05) is 24.4 Å². The van der Waals surface area contributed by atoms with Gasteiger partial charge in [0.1, 0.15) is 11.6 Å². The first-order chi connectivity index (χ1) is 25.3. The van der Waals surface area contributed by atoms with E-state index in [2.05, 4.69) is 157 Å². The molecule has 5 nitrogen and oxygen atoms in total. The third-order valence-electron chi connectivity index (χ3n) is 10.7. The first kappa shape index (κ1) is 30.4. The van der Waals surface area contributed by atoms with Crippen LogP contribution in [0.4, 0.5) is 0 Å². The smallest absolute Gasteiger partial charge is 0.421 e. The Hall–Kier alpha value is -6.40. The predicted molar refractivity (Wildman–Crippen MR) is 215 cm³/mol. The summed E-state index contributed by atoms with van der Waals surface area (Å²) >= 11 is 0. The highest BCUT2D eigenvalue weighted by Gasteiger charge is 2.38. The molecule has 248 valence electrons. The number of hydrogen-bond acceptors (Lipinski definition) is 3. The molecule has 0 atom stereocenters. The second kappa shape index (κ2) is 11.3. The summed E-state index contributed by atoms with van der Waals surface area (Å²) in [6.45, 7) is 6.56. The van der Waals surface area contributed by atoms with E-state index in [4.69, 9.17) is 9.97 Å². The normalized spacial score (nSPS) is 12.6. The summed E-state index contributed by atoms with van der Waals surface area (Å²) in [5, 5.41) is 13.9. The summed E-state index contributed by atoms with van der Waals surface area (Å²) in [6.07, 6.45) is 1.90. The van der Waals surface area contributed by atoms with E-state index in [1.54, 1.807) is 0 Å². The van der Waals surface area contributed by atoms with Crippen molar-refractivity contribution in [3.05, 3.63) is 157 Å². The van der Waals surface area contributed by atoms with Crippen LogP contribution in [-0.4, -0.2) is 31.0 Å². The van der Waals surface area contributed by atoms with E-state index in [-0.39, 0.29) is 18.1 Å². The zero-order chi connectivity index (χ0) is 35.1. The highest BCUT2D eigenvalue weighted by Crippen LogP contribution is 2.46. The van der Waals surface area contributed by atoms with Crippen molar-refractivity contribution in [1.82, 2.24) is 18.9 Å². The van der Waals surface area contributed by atoms with E-state index in [9.17, 15) is 5.11 Å². The lowest BCUT2D eigenvalue weighted by Crippen LogP contribution is -2.47. The van der Waals surface area contributed by atoms with Gasteiger partial charge in [-0.2, -0.15) is 0 Å². The molecular formula is C46H35BN4O. The largest absolute Gasteiger partial charge is 0.507 e. The Bertz CT molecular complexity index is 2850. The molecule has 9 aromatic rings. The minimum atomic E-state index is -0.213. The molecule has 0 aliphatic carbocycles. The van der Waals surface area contributed by atoms with Crippen LogP contribution in [0.15, 0.2) is 152 Å². The van der Waals surface area contributed by atoms with Gasteiger partial charge in [0, 0.05) is 33.6 Å². The summed E-state index contributed by atoms with van der Waals surface area (Å²) in [4.78, 5) is 10.4. The molecule has 6 aromatic carbocycles. The van der Waals surface area contributed by atoms with E-state index in [1.165, 1.54) is 5.56 Å². The topological polar surface area (TPSA) is 55.9 Å². The Morgan fingerprint density at radius 3 is 2.13 bits per heavy atom. The van der Waals surface area contributed by atoms with E-state index in [0.29, 0.717) is 0 Å². The SMILES string of the molecule is CC(C)(C)c1cc(-c2cc(-c3ccccc3)ccn2)cc(-c2cccc3c2nc2n3B(c3ccccc3)n3c4ccccc4c4ccc(O)c-2c43)c1. The first-order valence-electron chi connectivity index (χ1n) is 17.8. The number of phenolic OH excluding ortho intramolecular Hbond substituents is 1. The number of rotatable bonds is 4. The quantitative estimate of drug-likeness (QED) is 0.190. The fraction of sp³-hybridized carbons (Fsp3) is 0.0870. The Morgan fingerprint density at radius 2 is 1.33 bits per heavy atom. The summed E-state index contributed by atoms with van der Waals surface area (Å²) in [5.41, 5.74) is 13.5. The maximum Gasteiger partial charge on any atom is 0.421 e. The van der Waals surface area contributed by atoms with Gasteiger partial charge >= 0.3 is 6.98 Å². The number of nitrogens with zero attached hydrogens (tertiary/aromatic N) is 4.